The van der Waals surface area contributed by atoms with Crippen molar-refractivity contribution in [1.29, 1.82) is 0 Å². The van der Waals surface area contributed by atoms with Gasteiger partial charge in [0.1, 0.15) is 0 Å². The van der Waals surface area contributed by atoms with E-state index in [0.29, 0.717) is 17.7 Å². The zero-order valence-electron chi connectivity index (χ0n) is 13.7. The summed E-state index contributed by atoms with van der Waals surface area (Å²) in [6.07, 6.45) is 1.21. The van der Waals surface area contributed by atoms with Crippen molar-refractivity contribution in [3.05, 3.63) is 23.9 Å². The van der Waals surface area contributed by atoms with Crippen LogP contribution in [0.2, 0.25) is 0 Å². The molecular weight excluding hydrogens is 296 g/mol. The zero-order valence-corrected chi connectivity index (χ0v) is 14.5. The lowest BCUT2D eigenvalue weighted by Crippen LogP contribution is -2.48. The van der Waals surface area contributed by atoms with E-state index in [0.717, 1.165) is 31.3 Å². The summed E-state index contributed by atoms with van der Waals surface area (Å²) in [5, 5.41) is 4.10. The van der Waals surface area contributed by atoms with Crippen molar-refractivity contribution in [2.24, 2.45) is 4.99 Å². The monoisotopic (exact) mass is 322 g/mol. The van der Waals surface area contributed by atoms with E-state index in [9.17, 15) is 0 Å². The van der Waals surface area contributed by atoms with Crippen LogP contribution in [0.4, 0.5) is 0 Å². The Labute approximate surface area is 137 Å². The number of guanidine groups is 1. The molecule has 0 aliphatic carbocycles. The first-order valence-corrected chi connectivity index (χ1v) is 8.96. The Morgan fingerprint density at radius 3 is 3.09 bits per heavy atom. The van der Waals surface area contributed by atoms with Crippen LogP contribution in [0.5, 0.6) is 5.88 Å². The fourth-order valence-electron chi connectivity index (χ4n) is 2.40. The minimum atomic E-state index is 0.569. The van der Waals surface area contributed by atoms with E-state index in [1.54, 1.807) is 7.11 Å². The van der Waals surface area contributed by atoms with Gasteiger partial charge in [-0.1, -0.05) is 13.0 Å². The molecule has 1 aromatic rings. The third kappa shape index (κ3) is 4.80. The number of aromatic nitrogens is 1. The van der Waals surface area contributed by atoms with E-state index >= 15 is 0 Å². The molecule has 0 saturated carbocycles. The van der Waals surface area contributed by atoms with E-state index in [-0.39, 0.29) is 0 Å². The van der Waals surface area contributed by atoms with Crippen LogP contribution in [0.25, 0.3) is 0 Å². The van der Waals surface area contributed by atoms with E-state index in [1.807, 2.05) is 18.2 Å². The van der Waals surface area contributed by atoms with Crippen LogP contribution in [0.3, 0.4) is 0 Å². The third-order valence-electron chi connectivity index (χ3n) is 3.61. The van der Waals surface area contributed by atoms with Crippen molar-refractivity contribution in [2.75, 3.05) is 32.5 Å². The predicted octanol–water partition coefficient (Wildman–Crippen LogP) is 2.38. The lowest BCUT2D eigenvalue weighted by atomic mass is 10.3. The van der Waals surface area contributed by atoms with Gasteiger partial charge < -0.3 is 15.0 Å². The quantitative estimate of drug-likeness (QED) is 0.666. The number of pyridine rings is 1. The summed E-state index contributed by atoms with van der Waals surface area (Å²) < 4.78 is 5.17. The van der Waals surface area contributed by atoms with Crippen LogP contribution < -0.4 is 10.1 Å². The number of hydrogen-bond acceptors (Lipinski definition) is 4. The molecule has 0 amide bonds. The van der Waals surface area contributed by atoms with Crippen LogP contribution in [-0.4, -0.2) is 53.6 Å². The molecule has 1 aliphatic heterocycles. The fraction of sp³-hybridized carbons (Fsp3) is 0.625. The van der Waals surface area contributed by atoms with Gasteiger partial charge in [-0.3, -0.25) is 0 Å². The fourth-order valence-corrected chi connectivity index (χ4v) is 3.58. The number of rotatable bonds is 5. The van der Waals surface area contributed by atoms with Gasteiger partial charge >= 0.3 is 0 Å². The molecule has 2 rings (SSSR count). The average molecular weight is 322 g/mol. The number of methoxy groups -OCH3 is 1. The minimum Gasteiger partial charge on any atom is -0.481 e. The molecule has 2 heterocycles. The summed E-state index contributed by atoms with van der Waals surface area (Å²) in [4.78, 5) is 11.5. The average Bonchev–Trinajstić information content (AvgIpc) is 2.58. The first-order valence-electron chi connectivity index (χ1n) is 7.91. The third-order valence-corrected chi connectivity index (χ3v) is 4.98. The highest BCUT2D eigenvalue weighted by atomic mass is 32.2. The highest BCUT2D eigenvalue weighted by molar-refractivity contribution is 8.00. The van der Waals surface area contributed by atoms with Crippen molar-refractivity contribution >= 4 is 17.7 Å². The molecule has 1 unspecified atom stereocenters. The van der Waals surface area contributed by atoms with Gasteiger partial charge in [-0.25, -0.2) is 9.98 Å². The summed E-state index contributed by atoms with van der Waals surface area (Å²) in [6, 6.07) is 5.79. The van der Waals surface area contributed by atoms with E-state index in [4.69, 9.17) is 9.73 Å². The SMILES string of the molecule is CCNC(=NCc1cccc(OC)n1)N1CCSC(CC)C1. The number of nitrogens with one attached hydrogen (secondary N) is 1. The van der Waals surface area contributed by atoms with Gasteiger partial charge in [0.2, 0.25) is 5.88 Å². The van der Waals surface area contributed by atoms with Gasteiger partial charge in [0, 0.05) is 36.7 Å². The summed E-state index contributed by atoms with van der Waals surface area (Å²) >= 11 is 2.07. The van der Waals surface area contributed by atoms with Gasteiger partial charge in [-0.05, 0) is 19.4 Å². The molecule has 5 nitrogen and oxygen atoms in total. The molecule has 6 heteroatoms. The van der Waals surface area contributed by atoms with Crippen LogP contribution >= 0.6 is 11.8 Å². The van der Waals surface area contributed by atoms with Crippen molar-refractivity contribution in [3.63, 3.8) is 0 Å². The Bertz CT molecular complexity index is 495. The highest BCUT2D eigenvalue weighted by Crippen LogP contribution is 2.21. The smallest absolute Gasteiger partial charge is 0.213 e. The summed E-state index contributed by atoms with van der Waals surface area (Å²) in [6.45, 7) is 7.93. The van der Waals surface area contributed by atoms with Crippen LogP contribution in [0.15, 0.2) is 23.2 Å². The van der Waals surface area contributed by atoms with Crippen molar-refractivity contribution in [3.8, 4) is 5.88 Å². The molecule has 22 heavy (non-hydrogen) atoms. The van der Waals surface area contributed by atoms with Crippen molar-refractivity contribution in [1.82, 2.24) is 15.2 Å². The Kier molecular flexibility index (Phi) is 6.83. The van der Waals surface area contributed by atoms with Gasteiger partial charge in [-0.15, -0.1) is 0 Å². The Morgan fingerprint density at radius 2 is 2.36 bits per heavy atom. The highest BCUT2D eigenvalue weighted by Gasteiger charge is 2.21. The summed E-state index contributed by atoms with van der Waals surface area (Å²) in [7, 11) is 1.63. The maximum Gasteiger partial charge on any atom is 0.213 e. The summed E-state index contributed by atoms with van der Waals surface area (Å²) in [5.74, 6) is 2.80. The molecule has 122 valence electrons. The van der Waals surface area contributed by atoms with Gasteiger partial charge in [0.05, 0.1) is 19.3 Å². The Balaban J connectivity index is 2.05. The lowest BCUT2D eigenvalue weighted by Gasteiger charge is -2.34. The molecule has 0 spiro atoms. The molecule has 1 aromatic heterocycles. The number of thioether (sulfide) groups is 1. The van der Waals surface area contributed by atoms with Crippen molar-refractivity contribution in [2.45, 2.75) is 32.1 Å². The van der Waals surface area contributed by atoms with Crippen LogP contribution in [-0.2, 0) is 6.54 Å². The summed E-state index contributed by atoms with van der Waals surface area (Å²) in [5.41, 5.74) is 0.924. The number of aliphatic imine (C=N–C) groups is 1. The standard InChI is InChI=1S/C16H26N4OS/c1-4-14-12-20(9-10-22-14)16(17-5-2)18-11-13-7-6-8-15(19-13)21-3/h6-8,14H,4-5,9-12H2,1-3H3,(H,17,18). The van der Waals surface area contributed by atoms with Crippen LogP contribution in [0, 0.1) is 0 Å². The molecule has 1 aliphatic rings. The van der Waals surface area contributed by atoms with E-state index < -0.39 is 0 Å². The van der Waals surface area contributed by atoms with Gasteiger partial charge in [0.25, 0.3) is 0 Å². The number of ether oxygens (including phenoxy) is 1. The second kappa shape index (κ2) is 8.88. The van der Waals surface area contributed by atoms with Crippen LogP contribution in [0.1, 0.15) is 26.0 Å². The van der Waals surface area contributed by atoms with Crippen molar-refractivity contribution < 1.29 is 4.74 Å². The largest absolute Gasteiger partial charge is 0.481 e. The molecule has 0 radical (unpaired) electrons. The molecule has 0 bridgehead atoms. The molecular formula is C16H26N4OS. The first kappa shape index (κ1) is 16.9. The second-order valence-electron chi connectivity index (χ2n) is 5.19. The maximum absolute atomic E-state index is 5.17. The maximum atomic E-state index is 5.17. The molecule has 1 atom stereocenters. The molecule has 1 saturated heterocycles. The lowest BCUT2D eigenvalue weighted by molar-refractivity contribution is 0.395. The van der Waals surface area contributed by atoms with E-state index in [2.05, 4.69) is 40.8 Å². The normalized spacial score (nSPS) is 19.1. The number of hydrogen-bond donors (Lipinski definition) is 1. The second-order valence-corrected chi connectivity index (χ2v) is 6.60. The molecule has 1 N–H and O–H groups in total. The van der Waals surface area contributed by atoms with Gasteiger partial charge in [-0.2, -0.15) is 11.8 Å². The minimum absolute atomic E-state index is 0.569. The Hall–Kier alpha value is -1.43. The van der Waals surface area contributed by atoms with Gasteiger partial charge in [0.15, 0.2) is 5.96 Å². The zero-order chi connectivity index (χ0) is 15.8. The predicted molar refractivity (Wildman–Crippen MR) is 93.7 cm³/mol. The molecule has 0 aromatic carbocycles. The topological polar surface area (TPSA) is 49.8 Å². The number of nitrogens with zero attached hydrogens (tertiary/aromatic N) is 3. The van der Waals surface area contributed by atoms with E-state index in [1.165, 1.54) is 12.2 Å². The first-order chi connectivity index (χ1) is 10.8. The Morgan fingerprint density at radius 1 is 1.50 bits per heavy atom. The molecule has 1 fully saturated rings.